The smallest absolute Gasteiger partial charge is 0.00519 e. The maximum Gasteiger partial charge on any atom is -0.00519 e. The topological polar surface area (TPSA) is 24.1 Å². The highest BCUT2D eigenvalue weighted by Crippen LogP contribution is 2.28. The van der Waals surface area contributed by atoms with Crippen molar-refractivity contribution in [2.24, 2.45) is 0 Å². The number of rotatable bonds is 28. The van der Waals surface area contributed by atoms with E-state index in [1.807, 2.05) is 0 Å². The Labute approximate surface area is 239 Å². The highest BCUT2D eigenvalue weighted by Gasteiger charge is 2.14. The number of hydrogen-bond acceptors (Lipinski definition) is 2. The van der Waals surface area contributed by atoms with Crippen LogP contribution >= 0.6 is 0 Å². The summed E-state index contributed by atoms with van der Waals surface area (Å²) in [7, 11) is 4.14. The first kappa shape index (κ1) is 35.2. The van der Waals surface area contributed by atoms with Crippen LogP contribution in [0.15, 0.2) is 12.1 Å². The minimum atomic E-state index is 1.17. The van der Waals surface area contributed by atoms with Crippen LogP contribution in [-0.4, -0.2) is 27.2 Å². The predicted octanol–water partition coefficient (Wildman–Crippen LogP) is 10.1. The van der Waals surface area contributed by atoms with Crippen molar-refractivity contribution in [3.05, 3.63) is 34.4 Å². The lowest BCUT2D eigenvalue weighted by Crippen LogP contribution is -2.08. The van der Waals surface area contributed by atoms with E-state index in [0.29, 0.717) is 0 Å². The molecule has 0 aliphatic heterocycles. The third-order valence-electron chi connectivity index (χ3n) is 8.43. The summed E-state index contributed by atoms with van der Waals surface area (Å²) in [5, 5.41) is 6.59. The van der Waals surface area contributed by atoms with Gasteiger partial charge < -0.3 is 10.6 Å². The van der Waals surface area contributed by atoms with Crippen LogP contribution in [0.25, 0.3) is 0 Å². The monoisotopic (exact) mass is 529 g/mol. The van der Waals surface area contributed by atoms with Gasteiger partial charge in [0.25, 0.3) is 0 Å². The average molecular weight is 529 g/mol. The largest absolute Gasteiger partial charge is 0.320 e. The molecule has 0 bridgehead atoms. The molecule has 0 aliphatic carbocycles. The van der Waals surface area contributed by atoms with E-state index in [0.717, 1.165) is 0 Å². The van der Waals surface area contributed by atoms with Crippen LogP contribution in [0.5, 0.6) is 0 Å². The fourth-order valence-electron chi connectivity index (χ4n) is 5.99. The third kappa shape index (κ3) is 17.7. The summed E-state index contributed by atoms with van der Waals surface area (Å²) in [6.07, 6.45) is 32.8. The second-order valence-electron chi connectivity index (χ2n) is 11.9. The van der Waals surface area contributed by atoms with Crippen molar-refractivity contribution in [3.63, 3.8) is 0 Å². The van der Waals surface area contributed by atoms with Crippen molar-refractivity contribution in [1.82, 2.24) is 10.6 Å². The molecule has 38 heavy (non-hydrogen) atoms. The van der Waals surface area contributed by atoms with Gasteiger partial charge in [-0.15, -0.1) is 0 Å². The van der Waals surface area contributed by atoms with Crippen LogP contribution in [0.1, 0.15) is 165 Å². The van der Waals surface area contributed by atoms with Gasteiger partial charge in [0.15, 0.2) is 0 Å². The second kappa shape index (κ2) is 26.4. The number of nitrogens with one attached hydrogen (secondary N) is 2. The number of benzene rings is 1. The summed E-state index contributed by atoms with van der Waals surface area (Å²) in [6.45, 7) is 6.99. The Bertz CT molecular complexity index is 638. The molecular formula is C36H68N2. The summed E-state index contributed by atoms with van der Waals surface area (Å²) in [5.74, 6) is 0. The molecule has 2 N–H and O–H groups in total. The number of unbranched alkanes of at least 4 members (excludes halogenated alkanes) is 16. The van der Waals surface area contributed by atoms with Gasteiger partial charge in [0.2, 0.25) is 0 Å². The molecule has 0 heterocycles. The molecule has 0 radical (unpaired) electrons. The lowest BCUT2D eigenvalue weighted by molar-refractivity contribution is 0.585. The summed E-state index contributed by atoms with van der Waals surface area (Å²) in [5.41, 5.74) is 6.99. The summed E-state index contributed by atoms with van der Waals surface area (Å²) >= 11 is 0. The molecule has 2 nitrogen and oxygen atoms in total. The normalized spacial score (nSPS) is 11.5. The van der Waals surface area contributed by atoms with Gasteiger partial charge in [-0.3, -0.25) is 0 Å². The van der Waals surface area contributed by atoms with Crippen LogP contribution in [0.2, 0.25) is 0 Å². The van der Waals surface area contributed by atoms with Gasteiger partial charge >= 0.3 is 0 Å². The Morgan fingerprint density at radius 1 is 0.395 bits per heavy atom. The Morgan fingerprint density at radius 3 is 1.11 bits per heavy atom. The summed E-state index contributed by atoms with van der Waals surface area (Å²) in [4.78, 5) is 0. The van der Waals surface area contributed by atoms with Gasteiger partial charge in [-0.05, 0) is 114 Å². The first-order valence-corrected chi connectivity index (χ1v) is 17.2. The zero-order valence-electron chi connectivity index (χ0n) is 26.5. The van der Waals surface area contributed by atoms with Crippen LogP contribution in [-0.2, 0) is 25.7 Å². The molecular weight excluding hydrogens is 460 g/mol. The number of hydrogen-bond donors (Lipinski definition) is 2. The molecule has 0 atom stereocenters. The van der Waals surface area contributed by atoms with E-state index in [1.54, 1.807) is 22.3 Å². The lowest BCUT2D eigenvalue weighted by atomic mass is 9.85. The van der Waals surface area contributed by atoms with Crippen LogP contribution in [0, 0.1) is 0 Å². The van der Waals surface area contributed by atoms with Crippen LogP contribution in [0.4, 0.5) is 0 Å². The molecule has 0 spiro atoms. The molecule has 1 aromatic rings. The molecule has 1 aromatic carbocycles. The molecule has 0 saturated carbocycles. The first-order chi connectivity index (χ1) is 18.8. The lowest BCUT2D eigenvalue weighted by Gasteiger charge is -2.20. The van der Waals surface area contributed by atoms with Gasteiger partial charge in [0.05, 0.1) is 0 Å². The predicted molar refractivity (Wildman–Crippen MR) is 173 cm³/mol. The molecule has 0 aliphatic rings. The van der Waals surface area contributed by atoms with Crippen molar-refractivity contribution in [1.29, 1.82) is 0 Å². The Hall–Kier alpha value is -0.860. The van der Waals surface area contributed by atoms with E-state index in [2.05, 4.69) is 50.7 Å². The van der Waals surface area contributed by atoms with Crippen molar-refractivity contribution in [2.45, 2.75) is 168 Å². The minimum absolute atomic E-state index is 1.17. The van der Waals surface area contributed by atoms with Crippen LogP contribution < -0.4 is 10.6 Å². The van der Waals surface area contributed by atoms with E-state index in [-0.39, 0.29) is 0 Å². The Kier molecular flexibility index (Phi) is 24.4. The van der Waals surface area contributed by atoms with E-state index < -0.39 is 0 Å². The maximum atomic E-state index is 3.30. The summed E-state index contributed by atoms with van der Waals surface area (Å²) in [6, 6.07) is 5.12. The zero-order chi connectivity index (χ0) is 27.5. The molecule has 0 fully saturated rings. The van der Waals surface area contributed by atoms with Crippen molar-refractivity contribution in [2.75, 3.05) is 27.2 Å². The zero-order valence-corrected chi connectivity index (χ0v) is 26.5. The van der Waals surface area contributed by atoms with Gasteiger partial charge in [-0.1, -0.05) is 116 Å². The van der Waals surface area contributed by atoms with Crippen LogP contribution in [0.3, 0.4) is 0 Å². The first-order valence-electron chi connectivity index (χ1n) is 17.2. The van der Waals surface area contributed by atoms with E-state index in [9.17, 15) is 0 Å². The molecule has 0 amide bonds. The minimum Gasteiger partial charge on any atom is -0.320 e. The van der Waals surface area contributed by atoms with Gasteiger partial charge in [-0.2, -0.15) is 0 Å². The molecule has 222 valence electrons. The molecule has 1 rings (SSSR count). The van der Waals surface area contributed by atoms with Gasteiger partial charge in [0, 0.05) is 0 Å². The second-order valence-corrected chi connectivity index (χ2v) is 11.9. The molecule has 0 saturated heterocycles. The molecule has 0 aromatic heterocycles. The Balaban J connectivity index is 2.88. The maximum absolute atomic E-state index is 3.30. The molecule has 2 heteroatoms. The van der Waals surface area contributed by atoms with Gasteiger partial charge in [0.1, 0.15) is 0 Å². The SMILES string of the molecule is CCCCCCCCc1c(CCCCCC)ccc(CCCCCCCNC)c1CCCCCCCNC. The van der Waals surface area contributed by atoms with Crippen molar-refractivity contribution >= 4 is 0 Å². The summed E-state index contributed by atoms with van der Waals surface area (Å²) < 4.78 is 0. The number of aryl methyl sites for hydroxylation is 2. The fourth-order valence-corrected chi connectivity index (χ4v) is 5.99. The standard InChI is InChI=1S/C36H68N2/c1-5-7-9-11-15-21-27-35-33(25-19-10-8-6-2)29-30-34(26-20-14-12-17-23-31-37-3)36(35)28-22-16-13-18-24-32-38-4/h29-30,37-38H,5-28,31-32H2,1-4H3. The van der Waals surface area contributed by atoms with E-state index in [4.69, 9.17) is 0 Å². The quantitative estimate of drug-likeness (QED) is 0.106. The highest BCUT2D eigenvalue weighted by atomic mass is 14.8. The highest BCUT2D eigenvalue weighted by molar-refractivity contribution is 5.42. The van der Waals surface area contributed by atoms with Gasteiger partial charge in [-0.25, -0.2) is 0 Å². The molecule has 0 unspecified atom stereocenters. The Morgan fingerprint density at radius 2 is 0.711 bits per heavy atom. The van der Waals surface area contributed by atoms with E-state index >= 15 is 0 Å². The average Bonchev–Trinajstić information content (AvgIpc) is 2.93. The third-order valence-corrected chi connectivity index (χ3v) is 8.43. The fraction of sp³-hybridized carbons (Fsp3) is 0.833. The van der Waals surface area contributed by atoms with E-state index in [1.165, 1.54) is 167 Å². The van der Waals surface area contributed by atoms with Crippen molar-refractivity contribution in [3.8, 4) is 0 Å². The van der Waals surface area contributed by atoms with Crippen molar-refractivity contribution < 1.29 is 0 Å².